The molecule has 7 nitrogen and oxygen atoms in total. The van der Waals surface area contributed by atoms with E-state index in [9.17, 15) is 14.7 Å². The van der Waals surface area contributed by atoms with E-state index in [4.69, 9.17) is 4.74 Å². The van der Waals surface area contributed by atoms with Crippen LogP contribution in [0.2, 0.25) is 0 Å². The van der Waals surface area contributed by atoms with Crippen LogP contribution in [0.4, 0.5) is 4.79 Å². The van der Waals surface area contributed by atoms with Crippen LogP contribution in [0.1, 0.15) is 19.8 Å². The number of carboxylic acid groups (broad SMARTS) is 1. The number of ether oxygens (including phenoxy) is 1. The fourth-order valence-electron chi connectivity index (χ4n) is 2.47. The van der Waals surface area contributed by atoms with Crippen molar-refractivity contribution in [3.05, 3.63) is 0 Å². The molecule has 20 heavy (non-hydrogen) atoms. The van der Waals surface area contributed by atoms with Crippen LogP contribution in [0.25, 0.3) is 0 Å². The summed E-state index contributed by atoms with van der Waals surface area (Å²) in [5.74, 6) is -0.952. The molecule has 0 aromatic carbocycles. The summed E-state index contributed by atoms with van der Waals surface area (Å²) < 4.78 is 5.54. The Morgan fingerprint density at radius 3 is 2.70 bits per heavy atom. The second-order valence-corrected chi connectivity index (χ2v) is 5.87. The highest BCUT2D eigenvalue weighted by Gasteiger charge is 2.48. The van der Waals surface area contributed by atoms with E-state index in [0.717, 1.165) is 25.9 Å². The van der Waals surface area contributed by atoms with E-state index in [-0.39, 0.29) is 12.0 Å². The number of nitrogens with one attached hydrogen (secondary N) is 2. The fourth-order valence-corrected chi connectivity index (χ4v) is 2.47. The molecule has 1 aliphatic heterocycles. The normalized spacial score (nSPS) is 26.6. The standard InChI is InChI=1S/C13H23N3O4/c1-13(11(17)18,9-3-4-9)15-12(19)14-7-10-8-16(2)5-6-20-10/h9-10H,3-8H2,1-2H3,(H,17,18)(H2,14,15,19). The maximum atomic E-state index is 11.9. The molecule has 1 saturated carbocycles. The van der Waals surface area contributed by atoms with Gasteiger partial charge >= 0.3 is 12.0 Å². The smallest absolute Gasteiger partial charge is 0.329 e. The summed E-state index contributed by atoms with van der Waals surface area (Å²) in [4.78, 5) is 25.3. The van der Waals surface area contributed by atoms with Crippen molar-refractivity contribution >= 4 is 12.0 Å². The second-order valence-electron chi connectivity index (χ2n) is 5.87. The molecule has 1 saturated heterocycles. The zero-order chi connectivity index (χ0) is 14.8. The lowest BCUT2D eigenvalue weighted by atomic mass is 9.96. The number of hydrogen-bond donors (Lipinski definition) is 3. The lowest BCUT2D eigenvalue weighted by molar-refractivity contribution is -0.144. The van der Waals surface area contributed by atoms with Gasteiger partial charge in [-0.25, -0.2) is 9.59 Å². The molecular formula is C13H23N3O4. The summed E-state index contributed by atoms with van der Waals surface area (Å²) in [5, 5.41) is 14.6. The average Bonchev–Trinajstić information content (AvgIpc) is 3.20. The molecule has 2 rings (SSSR count). The Bertz CT molecular complexity index is 386. The van der Waals surface area contributed by atoms with Crippen LogP contribution in [-0.4, -0.2) is 66.9 Å². The second kappa shape index (κ2) is 5.97. The molecule has 7 heteroatoms. The largest absolute Gasteiger partial charge is 0.480 e. The quantitative estimate of drug-likeness (QED) is 0.654. The number of urea groups is 1. The first-order chi connectivity index (χ1) is 9.41. The van der Waals surface area contributed by atoms with Gasteiger partial charge in [-0.2, -0.15) is 0 Å². The van der Waals surface area contributed by atoms with Gasteiger partial charge in [-0.1, -0.05) is 0 Å². The zero-order valence-electron chi connectivity index (χ0n) is 12.0. The molecule has 1 heterocycles. The molecule has 2 unspecified atom stereocenters. The Hall–Kier alpha value is -1.34. The summed E-state index contributed by atoms with van der Waals surface area (Å²) in [7, 11) is 2.00. The fraction of sp³-hybridized carbons (Fsp3) is 0.846. The average molecular weight is 285 g/mol. The Kier molecular flexibility index (Phi) is 4.49. The molecule has 1 aliphatic carbocycles. The number of rotatable bonds is 5. The van der Waals surface area contributed by atoms with Crippen LogP contribution in [0.5, 0.6) is 0 Å². The first kappa shape index (κ1) is 15.1. The number of hydrogen-bond acceptors (Lipinski definition) is 4. The zero-order valence-corrected chi connectivity index (χ0v) is 12.0. The maximum Gasteiger partial charge on any atom is 0.329 e. The van der Waals surface area contributed by atoms with E-state index in [2.05, 4.69) is 15.5 Å². The number of carboxylic acids is 1. The van der Waals surface area contributed by atoms with E-state index in [1.807, 2.05) is 7.05 Å². The van der Waals surface area contributed by atoms with Crippen molar-refractivity contribution in [2.75, 3.05) is 33.3 Å². The van der Waals surface area contributed by atoms with Gasteiger partial charge in [-0.05, 0) is 32.7 Å². The van der Waals surface area contributed by atoms with Gasteiger partial charge in [0.25, 0.3) is 0 Å². The molecule has 2 fully saturated rings. The van der Waals surface area contributed by atoms with Crippen LogP contribution < -0.4 is 10.6 Å². The molecule has 0 spiro atoms. The minimum atomic E-state index is -1.17. The lowest BCUT2D eigenvalue weighted by Crippen LogP contribution is -2.58. The van der Waals surface area contributed by atoms with Gasteiger partial charge in [-0.15, -0.1) is 0 Å². The predicted octanol–water partition coefficient (Wildman–Crippen LogP) is -0.130. The SMILES string of the molecule is CN1CCOC(CNC(=O)NC(C)(C(=O)O)C2CC2)C1. The maximum absolute atomic E-state index is 11.9. The summed E-state index contributed by atoms with van der Waals surface area (Å²) in [6.07, 6.45) is 1.65. The highest BCUT2D eigenvalue weighted by atomic mass is 16.5. The van der Waals surface area contributed by atoms with Crippen LogP contribution >= 0.6 is 0 Å². The van der Waals surface area contributed by atoms with E-state index in [1.165, 1.54) is 0 Å². The van der Waals surface area contributed by atoms with Crippen LogP contribution in [-0.2, 0) is 9.53 Å². The molecule has 2 atom stereocenters. The first-order valence-corrected chi connectivity index (χ1v) is 7.01. The Labute approximate surface area is 118 Å². The van der Waals surface area contributed by atoms with Gasteiger partial charge < -0.3 is 25.4 Å². The molecule has 3 N–H and O–H groups in total. The molecule has 2 amide bonds. The first-order valence-electron chi connectivity index (χ1n) is 7.01. The number of aliphatic carboxylic acids is 1. The molecular weight excluding hydrogens is 262 g/mol. The number of amides is 2. The minimum Gasteiger partial charge on any atom is -0.480 e. The van der Waals surface area contributed by atoms with Crippen LogP contribution in [0.3, 0.4) is 0 Å². The monoisotopic (exact) mass is 285 g/mol. The molecule has 2 aliphatic rings. The number of carbonyl (C=O) groups excluding carboxylic acids is 1. The number of likely N-dealkylation sites (N-methyl/N-ethyl adjacent to an activating group) is 1. The van der Waals surface area contributed by atoms with Crippen molar-refractivity contribution in [1.29, 1.82) is 0 Å². The van der Waals surface area contributed by atoms with Crippen molar-refractivity contribution in [2.45, 2.75) is 31.4 Å². The third kappa shape index (κ3) is 3.61. The van der Waals surface area contributed by atoms with E-state index in [1.54, 1.807) is 6.92 Å². The number of nitrogens with zero attached hydrogens (tertiary/aromatic N) is 1. The van der Waals surface area contributed by atoms with Crippen molar-refractivity contribution in [2.24, 2.45) is 5.92 Å². The molecule has 0 aromatic heterocycles. The van der Waals surface area contributed by atoms with Crippen LogP contribution in [0, 0.1) is 5.92 Å². The highest BCUT2D eigenvalue weighted by molar-refractivity contribution is 5.86. The third-order valence-electron chi connectivity index (χ3n) is 4.04. The molecule has 114 valence electrons. The number of morpholine rings is 1. The highest BCUT2D eigenvalue weighted by Crippen LogP contribution is 2.39. The van der Waals surface area contributed by atoms with Crippen molar-refractivity contribution in [1.82, 2.24) is 15.5 Å². The summed E-state index contributed by atoms with van der Waals surface area (Å²) >= 11 is 0. The van der Waals surface area contributed by atoms with Crippen LogP contribution in [0.15, 0.2) is 0 Å². The van der Waals surface area contributed by atoms with Gasteiger partial charge in [-0.3, -0.25) is 0 Å². The summed E-state index contributed by atoms with van der Waals surface area (Å²) in [5.41, 5.74) is -1.17. The van der Waals surface area contributed by atoms with Gasteiger partial charge in [0.1, 0.15) is 5.54 Å². The Morgan fingerprint density at radius 1 is 1.45 bits per heavy atom. The van der Waals surface area contributed by atoms with E-state index in [0.29, 0.717) is 13.2 Å². The molecule has 0 bridgehead atoms. The van der Waals surface area contributed by atoms with Crippen molar-refractivity contribution in [3.8, 4) is 0 Å². The molecule has 0 radical (unpaired) electrons. The minimum absolute atomic E-state index is 0.0304. The van der Waals surface area contributed by atoms with E-state index >= 15 is 0 Å². The summed E-state index contributed by atoms with van der Waals surface area (Å²) in [6, 6.07) is -0.446. The van der Waals surface area contributed by atoms with Crippen molar-refractivity contribution in [3.63, 3.8) is 0 Å². The molecule has 0 aromatic rings. The van der Waals surface area contributed by atoms with Gasteiger partial charge in [0.2, 0.25) is 0 Å². The van der Waals surface area contributed by atoms with Crippen molar-refractivity contribution < 1.29 is 19.4 Å². The number of carbonyl (C=O) groups is 2. The third-order valence-corrected chi connectivity index (χ3v) is 4.04. The Morgan fingerprint density at radius 2 is 2.15 bits per heavy atom. The van der Waals surface area contributed by atoms with E-state index < -0.39 is 17.5 Å². The Balaban J connectivity index is 1.78. The lowest BCUT2D eigenvalue weighted by Gasteiger charge is -2.31. The van der Waals surface area contributed by atoms with Gasteiger partial charge in [0.05, 0.1) is 12.7 Å². The summed E-state index contributed by atoms with van der Waals surface area (Å²) in [6.45, 7) is 4.26. The van der Waals surface area contributed by atoms with Gasteiger partial charge in [0.15, 0.2) is 0 Å². The van der Waals surface area contributed by atoms with Gasteiger partial charge in [0, 0.05) is 19.6 Å². The predicted molar refractivity (Wildman–Crippen MR) is 72.5 cm³/mol. The topological polar surface area (TPSA) is 90.9 Å².